The van der Waals surface area contributed by atoms with Crippen LogP contribution in [-0.2, 0) is 9.59 Å². The van der Waals surface area contributed by atoms with E-state index in [9.17, 15) is 28.8 Å². The number of hydrogen-bond donors (Lipinski definition) is 5. The fourth-order valence-corrected chi connectivity index (χ4v) is 2.36. The summed E-state index contributed by atoms with van der Waals surface area (Å²) >= 11 is 0. The van der Waals surface area contributed by atoms with E-state index in [0.29, 0.717) is 31.4 Å². The second-order valence-electron chi connectivity index (χ2n) is 6.19. The molecule has 0 bridgehead atoms. The first kappa shape index (κ1) is 23.8. The Balaban J connectivity index is 2.22. The summed E-state index contributed by atoms with van der Waals surface area (Å²) in [6.07, 6.45) is 0.824. The number of carbonyl (C=O) groups excluding carboxylic acids is 2. The number of carboxylic acid groups (broad SMARTS) is 2. The molecule has 1 aromatic carbocycles. The zero-order chi connectivity index (χ0) is 21.8. The number of unbranched alkanes of at least 4 members (excludes halogenated alkanes) is 2. The average Bonchev–Trinajstić information content (AvgIpc) is 2.66. The van der Waals surface area contributed by atoms with Gasteiger partial charge < -0.3 is 20.8 Å². The third-order valence-electron chi connectivity index (χ3n) is 3.94. The fraction of sp³-hybridized carbons (Fsp3) is 0.444. The third kappa shape index (κ3) is 9.02. The zero-order valence-corrected chi connectivity index (χ0v) is 15.6. The van der Waals surface area contributed by atoms with Crippen molar-refractivity contribution in [2.75, 3.05) is 13.1 Å². The molecule has 0 unspecified atom stereocenters. The van der Waals surface area contributed by atoms with Gasteiger partial charge in [-0.15, -0.1) is 0 Å². The highest BCUT2D eigenvalue weighted by Crippen LogP contribution is 2.06. The summed E-state index contributed by atoms with van der Waals surface area (Å²) in [6.45, 7) is 0.541. The minimum Gasteiger partial charge on any atom is -0.481 e. The summed E-state index contributed by atoms with van der Waals surface area (Å²) in [5.41, 5.74) is 0.345. The number of nitrogens with zero attached hydrogens (tertiary/aromatic N) is 1. The topological polar surface area (TPSA) is 156 Å². The first-order valence-electron chi connectivity index (χ1n) is 8.96. The van der Waals surface area contributed by atoms with Crippen LogP contribution < -0.4 is 10.6 Å². The van der Waals surface area contributed by atoms with E-state index in [4.69, 9.17) is 10.2 Å². The van der Waals surface area contributed by atoms with Crippen molar-refractivity contribution < 1.29 is 39.0 Å². The lowest BCUT2D eigenvalue weighted by Crippen LogP contribution is -2.48. The minimum atomic E-state index is -1.66. The first-order valence-corrected chi connectivity index (χ1v) is 8.96. The van der Waals surface area contributed by atoms with E-state index >= 15 is 0 Å². The lowest BCUT2D eigenvalue weighted by molar-refractivity contribution is -0.158. The molecule has 10 nitrogen and oxygen atoms in total. The summed E-state index contributed by atoms with van der Waals surface area (Å²) in [4.78, 5) is 45.1. The zero-order valence-electron chi connectivity index (χ0n) is 15.6. The molecule has 0 aliphatic heterocycles. The Hall–Kier alpha value is -3.21. The van der Waals surface area contributed by atoms with Crippen LogP contribution in [0, 0.1) is 5.82 Å². The van der Waals surface area contributed by atoms with Crippen molar-refractivity contribution >= 4 is 23.9 Å². The molecular formula is C18H24FN3O7. The number of rotatable bonds is 12. The second kappa shape index (κ2) is 12.3. The molecule has 1 aromatic rings. The Morgan fingerprint density at radius 3 is 2.10 bits per heavy atom. The highest BCUT2D eigenvalue weighted by molar-refractivity contribution is 5.94. The van der Waals surface area contributed by atoms with E-state index in [0.717, 1.165) is 0 Å². The number of carboxylic acids is 2. The van der Waals surface area contributed by atoms with Crippen molar-refractivity contribution in [3.8, 4) is 0 Å². The van der Waals surface area contributed by atoms with Gasteiger partial charge in [0.25, 0.3) is 5.91 Å². The molecule has 0 spiro atoms. The first-order chi connectivity index (χ1) is 13.7. The average molecular weight is 413 g/mol. The van der Waals surface area contributed by atoms with Crippen LogP contribution in [0.15, 0.2) is 24.3 Å². The molecule has 3 amide bonds. The molecule has 1 atom stereocenters. The summed E-state index contributed by atoms with van der Waals surface area (Å²) in [5.74, 6) is -3.51. The predicted molar refractivity (Wildman–Crippen MR) is 97.9 cm³/mol. The van der Waals surface area contributed by atoms with Crippen LogP contribution in [0.5, 0.6) is 0 Å². The Labute approximate surface area is 166 Å². The van der Waals surface area contributed by atoms with Crippen LogP contribution in [0.4, 0.5) is 9.18 Å². The van der Waals surface area contributed by atoms with Gasteiger partial charge in [-0.3, -0.25) is 14.8 Å². The second-order valence-corrected chi connectivity index (χ2v) is 6.19. The number of amides is 3. The molecule has 0 aliphatic carbocycles. The lowest BCUT2D eigenvalue weighted by Gasteiger charge is -2.22. The standard InChI is InChI=1S/C18H24FN3O7/c19-13-6-4-12(5-7-13)16(25)20-10-2-1-3-11-21-18(28)22(29)14(17(26)27)8-9-15(23)24/h4-7,14,29H,1-3,8-11H2,(H,20,25)(H,21,28)(H,23,24)(H,26,27)/t14-/m0/s1. The van der Waals surface area contributed by atoms with E-state index in [-0.39, 0.29) is 17.5 Å². The Kier molecular flexibility index (Phi) is 10.1. The van der Waals surface area contributed by atoms with Gasteiger partial charge in [0.1, 0.15) is 5.82 Å². The van der Waals surface area contributed by atoms with Crippen molar-refractivity contribution in [2.45, 2.75) is 38.1 Å². The number of carbonyl (C=O) groups is 4. The van der Waals surface area contributed by atoms with Gasteiger partial charge >= 0.3 is 18.0 Å². The Morgan fingerprint density at radius 2 is 1.55 bits per heavy atom. The minimum absolute atomic E-state index is 0.0197. The summed E-state index contributed by atoms with van der Waals surface area (Å²) in [5, 5.41) is 32.2. The SMILES string of the molecule is O=C(O)CC[C@@H](C(=O)O)N(O)C(=O)NCCCCCNC(=O)c1ccc(F)cc1. The van der Waals surface area contributed by atoms with Gasteiger partial charge in [0.2, 0.25) is 0 Å². The maximum atomic E-state index is 12.8. The maximum absolute atomic E-state index is 12.8. The van der Waals surface area contributed by atoms with Crippen LogP contribution in [0.25, 0.3) is 0 Å². The molecule has 160 valence electrons. The van der Waals surface area contributed by atoms with Crippen molar-refractivity contribution in [3.63, 3.8) is 0 Å². The molecule has 0 saturated heterocycles. The molecule has 0 radical (unpaired) electrons. The number of aliphatic carboxylic acids is 2. The Morgan fingerprint density at radius 1 is 0.966 bits per heavy atom. The molecule has 0 aromatic heterocycles. The van der Waals surface area contributed by atoms with Crippen LogP contribution in [0.2, 0.25) is 0 Å². The van der Waals surface area contributed by atoms with Gasteiger partial charge in [0.05, 0.1) is 0 Å². The monoisotopic (exact) mass is 413 g/mol. The van der Waals surface area contributed by atoms with E-state index in [1.165, 1.54) is 24.3 Å². The largest absolute Gasteiger partial charge is 0.481 e. The van der Waals surface area contributed by atoms with Crippen LogP contribution in [-0.4, -0.2) is 63.5 Å². The van der Waals surface area contributed by atoms with Crippen molar-refractivity contribution in [1.29, 1.82) is 0 Å². The van der Waals surface area contributed by atoms with Crippen molar-refractivity contribution in [2.24, 2.45) is 0 Å². The molecule has 0 fully saturated rings. The molecule has 5 N–H and O–H groups in total. The van der Waals surface area contributed by atoms with E-state index in [1.807, 2.05) is 0 Å². The summed E-state index contributed by atoms with van der Waals surface area (Å²) < 4.78 is 12.8. The molecule has 11 heteroatoms. The molecule has 0 heterocycles. The van der Waals surface area contributed by atoms with Gasteiger partial charge in [0.15, 0.2) is 6.04 Å². The number of nitrogens with one attached hydrogen (secondary N) is 2. The summed E-state index contributed by atoms with van der Waals surface area (Å²) in [7, 11) is 0. The van der Waals surface area contributed by atoms with Gasteiger partial charge in [-0.25, -0.2) is 14.0 Å². The lowest BCUT2D eigenvalue weighted by atomic mass is 10.1. The smallest absolute Gasteiger partial charge is 0.341 e. The Bertz CT molecular complexity index is 712. The van der Waals surface area contributed by atoms with E-state index in [1.54, 1.807) is 0 Å². The van der Waals surface area contributed by atoms with Gasteiger partial charge in [-0.2, -0.15) is 5.06 Å². The third-order valence-corrected chi connectivity index (χ3v) is 3.94. The van der Waals surface area contributed by atoms with Crippen molar-refractivity contribution in [3.05, 3.63) is 35.6 Å². The predicted octanol–water partition coefficient (Wildman–Crippen LogP) is 1.44. The van der Waals surface area contributed by atoms with Gasteiger partial charge in [-0.05, 0) is 49.9 Å². The number of benzene rings is 1. The van der Waals surface area contributed by atoms with E-state index in [2.05, 4.69) is 10.6 Å². The normalized spacial score (nSPS) is 11.4. The molecule has 29 heavy (non-hydrogen) atoms. The summed E-state index contributed by atoms with van der Waals surface area (Å²) in [6, 6.07) is 2.45. The fourth-order valence-electron chi connectivity index (χ4n) is 2.36. The van der Waals surface area contributed by atoms with E-state index < -0.39 is 42.7 Å². The molecular weight excluding hydrogens is 389 g/mol. The van der Waals surface area contributed by atoms with Crippen LogP contribution in [0.3, 0.4) is 0 Å². The number of urea groups is 1. The quantitative estimate of drug-likeness (QED) is 0.197. The van der Waals surface area contributed by atoms with Crippen molar-refractivity contribution in [1.82, 2.24) is 15.7 Å². The molecule has 0 aliphatic rings. The van der Waals surface area contributed by atoms with Gasteiger partial charge in [-0.1, -0.05) is 0 Å². The van der Waals surface area contributed by atoms with Crippen LogP contribution in [0.1, 0.15) is 42.5 Å². The van der Waals surface area contributed by atoms with Crippen LogP contribution >= 0.6 is 0 Å². The number of halogens is 1. The number of hydrogen-bond acceptors (Lipinski definition) is 5. The number of hydroxylamine groups is 2. The molecule has 0 saturated carbocycles. The molecule has 1 rings (SSSR count). The highest BCUT2D eigenvalue weighted by atomic mass is 19.1. The maximum Gasteiger partial charge on any atom is 0.341 e. The van der Waals surface area contributed by atoms with Gasteiger partial charge in [0, 0.05) is 25.1 Å². The highest BCUT2D eigenvalue weighted by Gasteiger charge is 2.29.